The first-order valence-electron chi connectivity index (χ1n) is 14.6. The summed E-state index contributed by atoms with van der Waals surface area (Å²) >= 11 is 0. The van der Waals surface area contributed by atoms with Crippen molar-refractivity contribution in [3.8, 4) is 11.3 Å². The van der Waals surface area contributed by atoms with Crippen molar-refractivity contribution >= 4 is 40.5 Å². The SMILES string of the molecule is CC.CN(C)c1ccc(C(=O)Nc2cccc(-c3cn4ccnc4c(Nc4ccc(C(=O)N5CCOCC5)cc4)n3)c2)cn1. The van der Waals surface area contributed by atoms with Gasteiger partial charge < -0.3 is 29.6 Å². The number of ether oxygens (including phenoxy) is 1. The monoisotopic (exact) mass is 592 g/mol. The van der Waals surface area contributed by atoms with E-state index in [0.717, 1.165) is 17.1 Å². The first-order valence-corrected chi connectivity index (χ1v) is 14.6. The molecule has 1 aliphatic rings. The van der Waals surface area contributed by atoms with Crippen LogP contribution in [0.15, 0.2) is 85.5 Å². The van der Waals surface area contributed by atoms with Gasteiger partial charge in [0.1, 0.15) is 5.82 Å². The van der Waals surface area contributed by atoms with Crippen LogP contribution in [-0.4, -0.2) is 76.5 Å². The van der Waals surface area contributed by atoms with E-state index in [9.17, 15) is 9.59 Å². The lowest BCUT2D eigenvalue weighted by molar-refractivity contribution is 0.0303. The van der Waals surface area contributed by atoms with Crippen LogP contribution >= 0.6 is 0 Å². The molecule has 1 saturated heterocycles. The van der Waals surface area contributed by atoms with Gasteiger partial charge in [-0.05, 0) is 48.5 Å². The first kappa shape index (κ1) is 30.2. The fourth-order valence-corrected chi connectivity index (χ4v) is 4.68. The molecule has 11 heteroatoms. The number of aromatic nitrogens is 4. The second-order valence-corrected chi connectivity index (χ2v) is 10.1. The molecule has 11 nitrogen and oxygen atoms in total. The summed E-state index contributed by atoms with van der Waals surface area (Å²) in [6.45, 7) is 6.31. The van der Waals surface area contributed by atoms with Gasteiger partial charge in [0, 0.05) is 74.5 Å². The van der Waals surface area contributed by atoms with Crippen LogP contribution in [0, 0.1) is 0 Å². The van der Waals surface area contributed by atoms with Crippen LogP contribution < -0.4 is 15.5 Å². The minimum atomic E-state index is -0.249. The van der Waals surface area contributed by atoms with Crippen LogP contribution in [0.4, 0.5) is 23.0 Å². The molecule has 0 unspecified atom stereocenters. The molecule has 2 aromatic carbocycles. The maximum absolute atomic E-state index is 12.9. The Hall–Kier alpha value is -5.29. The largest absolute Gasteiger partial charge is 0.378 e. The predicted molar refractivity (Wildman–Crippen MR) is 173 cm³/mol. The van der Waals surface area contributed by atoms with Crippen LogP contribution in [0.5, 0.6) is 0 Å². The lowest BCUT2D eigenvalue weighted by atomic mass is 10.1. The van der Waals surface area contributed by atoms with Gasteiger partial charge in [-0.2, -0.15) is 0 Å². The van der Waals surface area contributed by atoms with E-state index in [1.807, 2.05) is 98.2 Å². The molecule has 2 N–H and O–H groups in total. The average Bonchev–Trinajstić information content (AvgIpc) is 3.56. The molecule has 0 spiro atoms. The third kappa shape index (κ3) is 6.84. The van der Waals surface area contributed by atoms with Gasteiger partial charge in [-0.1, -0.05) is 26.0 Å². The molecule has 0 radical (unpaired) electrons. The van der Waals surface area contributed by atoms with Gasteiger partial charge in [0.25, 0.3) is 11.8 Å². The van der Waals surface area contributed by atoms with Gasteiger partial charge in [0.15, 0.2) is 11.5 Å². The number of carbonyl (C=O) groups excluding carboxylic acids is 2. The van der Waals surface area contributed by atoms with E-state index < -0.39 is 0 Å². The molecule has 0 bridgehead atoms. The molecule has 1 aliphatic heterocycles. The molecule has 0 aliphatic carbocycles. The lowest BCUT2D eigenvalue weighted by Gasteiger charge is -2.26. The molecule has 3 aromatic heterocycles. The van der Waals surface area contributed by atoms with Crippen molar-refractivity contribution in [3.63, 3.8) is 0 Å². The Balaban J connectivity index is 0.00000188. The van der Waals surface area contributed by atoms with Gasteiger partial charge in [0.05, 0.1) is 24.5 Å². The number of hydrogen-bond donors (Lipinski definition) is 2. The van der Waals surface area contributed by atoms with Gasteiger partial charge in [-0.25, -0.2) is 15.0 Å². The van der Waals surface area contributed by atoms with Crippen molar-refractivity contribution in [2.45, 2.75) is 13.8 Å². The Kier molecular flexibility index (Phi) is 9.46. The maximum atomic E-state index is 12.9. The number of amides is 2. The van der Waals surface area contributed by atoms with E-state index in [1.54, 1.807) is 29.4 Å². The number of morpholine rings is 1. The summed E-state index contributed by atoms with van der Waals surface area (Å²) in [7, 11) is 3.80. The second-order valence-electron chi connectivity index (χ2n) is 10.1. The molecule has 1 fully saturated rings. The molecule has 0 atom stereocenters. The summed E-state index contributed by atoms with van der Waals surface area (Å²) in [5.41, 5.74) is 4.67. The number of hydrogen-bond acceptors (Lipinski definition) is 8. The van der Waals surface area contributed by atoms with Crippen molar-refractivity contribution in [1.29, 1.82) is 0 Å². The highest BCUT2D eigenvalue weighted by Crippen LogP contribution is 2.27. The Morgan fingerprint density at radius 3 is 2.36 bits per heavy atom. The zero-order valence-electron chi connectivity index (χ0n) is 25.3. The standard InChI is InChI=1S/C31H30N8O3.C2H6/c1-37(2)27-11-8-23(19-33-27)30(40)35-25-5-3-4-22(18-25)26-20-39-13-12-32-29(39)28(36-26)34-24-9-6-21(7-10-24)31(41)38-14-16-42-17-15-38;1-2/h3-13,18-20H,14-17H2,1-2H3,(H,34,36)(H,35,40);1-2H3. The zero-order chi connectivity index (χ0) is 31.1. The summed E-state index contributed by atoms with van der Waals surface area (Å²) < 4.78 is 7.25. The topological polar surface area (TPSA) is 117 Å². The van der Waals surface area contributed by atoms with Crippen LogP contribution in [0.1, 0.15) is 34.6 Å². The van der Waals surface area contributed by atoms with Crippen molar-refractivity contribution < 1.29 is 14.3 Å². The summed E-state index contributed by atoms with van der Waals surface area (Å²) in [4.78, 5) is 43.0. The summed E-state index contributed by atoms with van der Waals surface area (Å²) in [5, 5.41) is 6.30. The predicted octanol–water partition coefficient (Wildman–Crippen LogP) is 5.35. The number of benzene rings is 2. The number of pyridine rings is 1. The molecular weight excluding hydrogens is 556 g/mol. The fourth-order valence-electron chi connectivity index (χ4n) is 4.68. The van der Waals surface area contributed by atoms with Gasteiger partial charge in [0.2, 0.25) is 0 Å². The van der Waals surface area contributed by atoms with Crippen LogP contribution in [-0.2, 0) is 4.74 Å². The number of carbonyl (C=O) groups is 2. The summed E-state index contributed by atoms with van der Waals surface area (Å²) in [5.74, 6) is 1.08. The number of fused-ring (bicyclic) bond motifs is 1. The number of nitrogens with zero attached hydrogens (tertiary/aromatic N) is 6. The minimum Gasteiger partial charge on any atom is -0.378 e. The number of imidazole rings is 1. The van der Waals surface area contributed by atoms with Crippen LogP contribution in [0.2, 0.25) is 0 Å². The Bertz CT molecular complexity index is 1730. The molecule has 5 aromatic rings. The van der Waals surface area contributed by atoms with Crippen LogP contribution in [0.25, 0.3) is 16.9 Å². The smallest absolute Gasteiger partial charge is 0.257 e. The highest BCUT2D eigenvalue weighted by atomic mass is 16.5. The van der Waals surface area contributed by atoms with E-state index in [-0.39, 0.29) is 11.8 Å². The van der Waals surface area contributed by atoms with E-state index >= 15 is 0 Å². The molecular formula is C33H36N8O3. The fraction of sp³-hybridized carbons (Fsp3) is 0.242. The van der Waals surface area contributed by atoms with E-state index in [1.165, 1.54) is 0 Å². The van der Waals surface area contributed by atoms with Gasteiger partial charge in [-0.3, -0.25) is 9.59 Å². The Morgan fingerprint density at radius 1 is 0.909 bits per heavy atom. The van der Waals surface area contributed by atoms with Gasteiger partial charge >= 0.3 is 0 Å². The molecule has 226 valence electrons. The second kappa shape index (κ2) is 13.8. The van der Waals surface area contributed by atoms with E-state index in [0.29, 0.717) is 60.3 Å². The Morgan fingerprint density at radius 2 is 1.66 bits per heavy atom. The van der Waals surface area contributed by atoms with E-state index in [2.05, 4.69) is 20.6 Å². The zero-order valence-corrected chi connectivity index (χ0v) is 25.3. The normalized spacial score (nSPS) is 12.7. The summed E-state index contributed by atoms with van der Waals surface area (Å²) in [6, 6.07) is 18.4. The van der Waals surface area contributed by atoms with Crippen molar-refractivity contribution in [3.05, 3.63) is 96.6 Å². The molecule has 0 saturated carbocycles. The Labute approximate surface area is 256 Å². The highest BCUT2D eigenvalue weighted by molar-refractivity contribution is 6.04. The van der Waals surface area contributed by atoms with Gasteiger partial charge in [-0.15, -0.1) is 0 Å². The maximum Gasteiger partial charge on any atom is 0.257 e. The average molecular weight is 593 g/mol. The highest BCUT2D eigenvalue weighted by Gasteiger charge is 2.18. The molecule has 2 amide bonds. The molecule has 44 heavy (non-hydrogen) atoms. The van der Waals surface area contributed by atoms with Crippen LogP contribution in [0.3, 0.4) is 0 Å². The van der Waals surface area contributed by atoms with Crippen molar-refractivity contribution in [1.82, 2.24) is 24.3 Å². The number of anilines is 4. The number of rotatable bonds is 7. The van der Waals surface area contributed by atoms with E-state index in [4.69, 9.17) is 9.72 Å². The third-order valence-corrected chi connectivity index (χ3v) is 6.95. The minimum absolute atomic E-state index is 0.00515. The summed E-state index contributed by atoms with van der Waals surface area (Å²) in [6.07, 6.45) is 7.02. The molecule has 4 heterocycles. The van der Waals surface area contributed by atoms with Crippen molar-refractivity contribution in [2.24, 2.45) is 0 Å². The molecule has 6 rings (SSSR count). The first-order chi connectivity index (χ1) is 21.4. The third-order valence-electron chi connectivity index (χ3n) is 6.95. The quantitative estimate of drug-likeness (QED) is 0.260. The van der Waals surface area contributed by atoms with Crippen molar-refractivity contribution in [2.75, 3.05) is 55.9 Å². The lowest BCUT2D eigenvalue weighted by Crippen LogP contribution is -2.40. The number of nitrogens with one attached hydrogen (secondary N) is 2.